The summed E-state index contributed by atoms with van der Waals surface area (Å²) in [5, 5.41) is 4.29. The minimum Gasteiger partial charge on any atom is -0.294 e. The topological polar surface area (TPSA) is 34.9 Å². The van der Waals surface area contributed by atoms with E-state index in [0.29, 0.717) is 6.54 Å². The molecule has 0 atom stereocenters. The van der Waals surface area contributed by atoms with Crippen molar-refractivity contribution in [3.8, 4) is 0 Å². The van der Waals surface area contributed by atoms with Crippen LogP contribution in [0, 0.1) is 19.7 Å². The molecule has 1 aromatic carbocycles. The van der Waals surface area contributed by atoms with Crippen molar-refractivity contribution in [1.82, 2.24) is 9.78 Å². The van der Waals surface area contributed by atoms with Crippen LogP contribution in [0.1, 0.15) is 34.2 Å². The van der Waals surface area contributed by atoms with Gasteiger partial charge < -0.3 is 0 Å². The fraction of sp³-hybridized carbons (Fsp3) is 0.333. The lowest BCUT2D eigenvalue weighted by atomic mass is 10.0. The third kappa shape index (κ3) is 2.89. The van der Waals surface area contributed by atoms with Crippen molar-refractivity contribution in [3.05, 3.63) is 52.6 Å². The molecule has 19 heavy (non-hydrogen) atoms. The van der Waals surface area contributed by atoms with E-state index in [1.165, 1.54) is 6.07 Å². The van der Waals surface area contributed by atoms with Gasteiger partial charge in [-0.15, -0.1) is 0 Å². The molecule has 2 aromatic rings. The Morgan fingerprint density at radius 2 is 2.05 bits per heavy atom. The van der Waals surface area contributed by atoms with E-state index < -0.39 is 5.82 Å². The van der Waals surface area contributed by atoms with Crippen molar-refractivity contribution in [1.29, 1.82) is 0 Å². The quantitative estimate of drug-likeness (QED) is 0.792. The van der Waals surface area contributed by atoms with Crippen LogP contribution in [0.3, 0.4) is 0 Å². The average Bonchev–Trinajstić information content (AvgIpc) is 2.72. The SMILES string of the molecule is CCn1nc(C)cc1CC(=O)c1cc(C)ccc1F. The second-order valence-corrected chi connectivity index (χ2v) is 4.68. The fourth-order valence-electron chi connectivity index (χ4n) is 2.13. The van der Waals surface area contributed by atoms with Gasteiger partial charge in [0, 0.05) is 12.2 Å². The Bertz CT molecular complexity index is 617. The summed E-state index contributed by atoms with van der Waals surface area (Å²) in [7, 11) is 0. The maximum atomic E-state index is 13.7. The van der Waals surface area contributed by atoms with Crippen LogP contribution in [0.5, 0.6) is 0 Å². The highest BCUT2D eigenvalue weighted by molar-refractivity contribution is 5.97. The molecule has 0 N–H and O–H groups in total. The summed E-state index contributed by atoms with van der Waals surface area (Å²) in [6.07, 6.45) is 0.176. The van der Waals surface area contributed by atoms with E-state index >= 15 is 0 Å². The Labute approximate surface area is 112 Å². The standard InChI is InChI=1S/C15H17FN2O/c1-4-18-12(8-11(3)17-18)9-15(19)13-7-10(2)5-6-14(13)16/h5-8H,4,9H2,1-3H3. The molecule has 0 aliphatic carbocycles. The number of benzene rings is 1. The number of nitrogens with zero attached hydrogens (tertiary/aromatic N) is 2. The largest absolute Gasteiger partial charge is 0.294 e. The molecule has 3 nitrogen and oxygen atoms in total. The first-order valence-electron chi connectivity index (χ1n) is 6.34. The number of hydrogen-bond donors (Lipinski definition) is 0. The summed E-state index contributed by atoms with van der Waals surface area (Å²) < 4.78 is 15.4. The van der Waals surface area contributed by atoms with Gasteiger partial charge in [0.1, 0.15) is 5.82 Å². The Morgan fingerprint density at radius 3 is 2.74 bits per heavy atom. The second kappa shape index (κ2) is 5.34. The number of aryl methyl sites for hydroxylation is 3. The zero-order valence-electron chi connectivity index (χ0n) is 11.4. The van der Waals surface area contributed by atoms with Crippen LogP contribution < -0.4 is 0 Å². The Morgan fingerprint density at radius 1 is 1.32 bits per heavy atom. The first kappa shape index (κ1) is 13.5. The zero-order chi connectivity index (χ0) is 14.0. The predicted octanol–water partition coefficient (Wildman–Crippen LogP) is 3.08. The smallest absolute Gasteiger partial charge is 0.171 e. The summed E-state index contributed by atoms with van der Waals surface area (Å²) in [4.78, 5) is 12.2. The van der Waals surface area contributed by atoms with E-state index in [0.717, 1.165) is 17.0 Å². The number of carbonyl (C=O) groups excluding carboxylic acids is 1. The van der Waals surface area contributed by atoms with Crippen LogP contribution in [0.15, 0.2) is 24.3 Å². The molecule has 0 unspecified atom stereocenters. The van der Waals surface area contributed by atoms with Crippen LogP contribution in [-0.2, 0) is 13.0 Å². The lowest BCUT2D eigenvalue weighted by molar-refractivity contribution is 0.0986. The van der Waals surface area contributed by atoms with Gasteiger partial charge in [0.2, 0.25) is 0 Å². The summed E-state index contributed by atoms with van der Waals surface area (Å²) in [5.74, 6) is -0.675. The summed E-state index contributed by atoms with van der Waals surface area (Å²) in [5.41, 5.74) is 2.73. The molecule has 100 valence electrons. The highest BCUT2D eigenvalue weighted by Gasteiger charge is 2.15. The number of aromatic nitrogens is 2. The van der Waals surface area contributed by atoms with Crippen molar-refractivity contribution < 1.29 is 9.18 Å². The molecule has 0 saturated heterocycles. The zero-order valence-corrected chi connectivity index (χ0v) is 11.4. The molecule has 0 radical (unpaired) electrons. The molecule has 2 rings (SSSR count). The second-order valence-electron chi connectivity index (χ2n) is 4.68. The van der Waals surface area contributed by atoms with E-state index in [4.69, 9.17) is 0 Å². The monoisotopic (exact) mass is 260 g/mol. The molecule has 1 heterocycles. The molecule has 1 aromatic heterocycles. The van der Waals surface area contributed by atoms with E-state index in [9.17, 15) is 9.18 Å². The summed E-state index contributed by atoms with van der Waals surface area (Å²) >= 11 is 0. The third-order valence-electron chi connectivity index (χ3n) is 3.05. The minimum absolute atomic E-state index is 0.154. The Kier molecular flexibility index (Phi) is 3.79. The van der Waals surface area contributed by atoms with Crippen LogP contribution in [-0.4, -0.2) is 15.6 Å². The lowest BCUT2D eigenvalue weighted by Crippen LogP contribution is -2.11. The number of rotatable bonds is 4. The fourth-order valence-corrected chi connectivity index (χ4v) is 2.13. The van der Waals surface area contributed by atoms with E-state index in [1.54, 1.807) is 16.8 Å². The number of hydrogen-bond acceptors (Lipinski definition) is 2. The molecular weight excluding hydrogens is 243 g/mol. The van der Waals surface area contributed by atoms with Gasteiger partial charge in [-0.2, -0.15) is 5.10 Å². The molecule has 4 heteroatoms. The Balaban J connectivity index is 2.27. The normalized spacial score (nSPS) is 10.7. The number of Topliss-reactive ketones (excluding diaryl/α,β-unsaturated/α-hetero) is 1. The van der Waals surface area contributed by atoms with Gasteiger partial charge in [-0.3, -0.25) is 9.48 Å². The summed E-state index contributed by atoms with van der Waals surface area (Å²) in [6.45, 7) is 6.39. The summed E-state index contributed by atoms with van der Waals surface area (Å²) in [6, 6.07) is 6.46. The Hall–Kier alpha value is -1.97. The first-order chi connectivity index (χ1) is 9.01. The minimum atomic E-state index is -0.463. The van der Waals surface area contributed by atoms with Gasteiger partial charge in [-0.25, -0.2) is 4.39 Å². The molecular formula is C15H17FN2O. The van der Waals surface area contributed by atoms with Gasteiger partial charge in [0.15, 0.2) is 5.78 Å². The molecule has 0 fully saturated rings. The average molecular weight is 260 g/mol. The van der Waals surface area contributed by atoms with Crippen LogP contribution in [0.4, 0.5) is 4.39 Å². The molecule has 0 amide bonds. The van der Waals surface area contributed by atoms with Gasteiger partial charge in [0.25, 0.3) is 0 Å². The molecule has 0 spiro atoms. The van der Waals surface area contributed by atoms with Gasteiger partial charge in [-0.1, -0.05) is 11.6 Å². The highest BCUT2D eigenvalue weighted by Crippen LogP contribution is 2.14. The third-order valence-corrected chi connectivity index (χ3v) is 3.05. The molecule has 0 aliphatic heterocycles. The maximum absolute atomic E-state index is 13.7. The van der Waals surface area contributed by atoms with E-state index in [1.807, 2.05) is 26.8 Å². The molecule has 0 saturated carbocycles. The van der Waals surface area contributed by atoms with Crippen LogP contribution in [0.2, 0.25) is 0 Å². The maximum Gasteiger partial charge on any atom is 0.171 e. The number of halogens is 1. The number of carbonyl (C=O) groups is 1. The van der Waals surface area contributed by atoms with Gasteiger partial charge >= 0.3 is 0 Å². The number of ketones is 1. The van der Waals surface area contributed by atoms with Crippen LogP contribution in [0.25, 0.3) is 0 Å². The predicted molar refractivity (Wildman–Crippen MR) is 71.8 cm³/mol. The van der Waals surface area contributed by atoms with Crippen molar-refractivity contribution in [2.75, 3.05) is 0 Å². The highest BCUT2D eigenvalue weighted by atomic mass is 19.1. The molecule has 0 aliphatic rings. The van der Waals surface area contributed by atoms with E-state index in [-0.39, 0.29) is 17.8 Å². The van der Waals surface area contributed by atoms with Crippen molar-refractivity contribution in [3.63, 3.8) is 0 Å². The van der Waals surface area contributed by atoms with Gasteiger partial charge in [0.05, 0.1) is 17.7 Å². The first-order valence-corrected chi connectivity index (χ1v) is 6.34. The van der Waals surface area contributed by atoms with Crippen molar-refractivity contribution >= 4 is 5.78 Å². The van der Waals surface area contributed by atoms with Crippen LogP contribution >= 0.6 is 0 Å². The molecule has 0 bridgehead atoms. The van der Waals surface area contributed by atoms with E-state index in [2.05, 4.69) is 5.10 Å². The van der Waals surface area contributed by atoms with Gasteiger partial charge in [-0.05, 0) is 39.0 Å². The lowest BCUT2D eigenvalue weighted by Gasteiger charge is -2.06. The van der Waals surface area contributed by atoms with Crippen molar-refractivity contribution in [2.45, 2.75) is 33.7 Å². The van der Waals surface area contributed by atoms with Crippen molar-refractivity contribution in [2.24, 2.45) is 0 Å².